The maximum absolute atomic E-state index is 13.7. The topological polar surface area (TPSA) is 91.4 Å². The van der Waals surface area contributed by atoms with Gasteiger partial charge in [0.2, 0.25) is 10.0 Å². The Morgan fingerprint density at radius 2 is 1.89 bits per heavy atom. The molecule has 1 N–H and O–H groups in total. The molecule has 4 aliphatic heterocycles. The van der Waals surface area contributed by atoms with Gasteiger partial charge in [-0.15, -0.1) is 0 Å². The summed E-state index contributed by atoms with van der Waals surface area (Å²) in [5.41, 5.74) is 3.01. The van der Waals surface area contributed by atoms with Crippen LogP contribution >= 0.6 is 11.6 Å². The van der Waals surface area contributed by atoms with Crippen molar-refractivity contribution in [2.45, 2.75) is 100 Å². The maximum atomic E-state index is 13.7. The Morgan fingerprint density at radius 3 is 2.70 bits per heavy atom. The van der Waals surface area contributed by atoms with Crippen LogP contribution in [0.15, 0.2) is 48.6 Å². The van der Waals surface area contributed by atoms with Gasteiger partial charge < -0.3 is 19.3 Å². The van der Waals surface area contributed by atoms with E-state index in [1.54, 1.807) is 13.0 Å². The normalized spacial score (nSPS) is 35.0. The molecular weight excluding hydrogens is 720 g/mol. The Labute approximate surface area is 327 Å². The van der Waals surface area contributed by atoms with Gasteiger partial charge in [0.05, 0.1) is 23.1 Å². The third-order valence-electron chi connectivity index (χ3n) is 14.4. The zero-order valence-corrected chi connectivity index (χ0v) is 34.0. The number of fused-ring (bicyclic) bond motifs is 5. The van der Waals surface area contributed by atoms with Crippen LogP contribution in [0.4, 0.5) is 5.69 Å². The minimum absolute atomic E-state index is 0.203. The molecule has 8 rings (SSSR count). The Morgan fingerprint density at radius 1 is 1.02 bits per heavy atom. The van der Waals surface area contributed by atoms with E-state index in [4.69, 9.17) is 21.1 Å². The van der Waals surface area contributed by atoms with Crippen LogP contribution < -0.4 is 14.4 Å². The Balaban J connectivity index is 1.16. The molecule has 1 saturated carbocycles. The van der Waals surface area contributed by atoms with E-state index in [9.17, 15) is 13.2 Å². The molecule has 4 heterocycles. The zero-order valence-electron chi connectivity index (χ0n) is 32.4. The summed E-state index contributed by atoms with van der Waals surface area (Å²) in [7, 11) is -2.07. The van der Waals surface area contributed by atoms with Gasteiger partial charge in [-0.3, -0.25) is 9.69 Å². The molecule has 6 aliphatic rings. The summed E-state index contributed by atoms with van der Waals surface area (Å²) >= 11 is 6.52. The van der Waals surface area contributed by atoms with E-state index in [-0.39, 0.29) is 11.3 Å². The molecule has 2 bridgehead atoms. The molecule has 2 aromatic carbocycles. The van der Waals surface area contributed by atoms with Gasteiger partial charge in [0.25, 0.3) is 5.91 Å². The molecule has 2 saturated heterocycles. The third kappa shape index (κ3) is 7.35. The molecule has 0 aromatic heterocycles. The van der Waals surface area contributed by atoms with E-state index in [1.807, 2.05) is 32.2 Å². The summed E-state index contributed by atoms with van der Waals surface area (Å²) in [5, 5.41) is -0.00979. The quantitative estimate of drug-likeness (QED) is 0.338. The second kappa shape index (κ2) is 15.4. The lowest BCUT2D eigenvalue weighted by atomic mass is 9.62. The molecule has 11 heteroatoms. The number of benzene rings is 2. The van der Waals surface area contributed by atoms with E-state index in [1.165, 1.54) is 36.9 Å². The molecule has 1 spiro atoms. The Bertz CT molecular complexity index is 1860. The second-order valence-corrected chi connectivity index (χ2v) is 19.9. The number of methoxy groups -OCH3 is 1. The van der Waals surface area contributed by atoms with Crippen molar-refractivity contribution < 1.29 is 22.7 Å². The molecule has 2 aliphatic carbocycles. The predicted molar refractivity (Wildman–Crippen MR) is 215 cm³/mol. The lowest BCUT2D eigenvalue weighted by molar-refractivity contribution is -0.0861. The van der Waals surface area contributed by atoms with Gasteiger partial charge in [-0.1, -0.05) is 43.2 Å². The number of piperidine rings is 1. The SMILES string of the molecule is CO[C@]1(CCN2CCN3CCCC[C@@H]3C2)/C=C/C[C@H](C)[C@@H](C)S(=O)(=O)NC(=O)c2ccc3c(c2)N(C[C@@H]2CC[C@H]21)C[C@@]1(CCCc2cc(Cl)ccc21)CO3. The summed E-state index contributed by atoms with van der Waals surface area (Å²) < 4.78 is 43.1. The van der Waals surface area contributed by atoms with Gasteiger partial charge in [0.15, 0.2) is 0 Å². The Kier molecular flexibility index (Phi) is 10.9. The van der Waals surface area contributed by atoms with Crippen molar-refractivity contribution in [1.29, 1.82) is 0 Å². The van der Waals surface area contributed by atoms with Crippen LogP contribution in [0.25, 0.3) is 0 Å². The first-order valence-electron chi connectivity index (χ1n) is 20.6. The minimum atomic E-state index is -3.95. The summed E-state index contributed by atoms with van der Waals surface area (Å²) in [5.74, 6) is 0.580. The number of carbonyl (C=O) groups excluding carboxylic acids is 1. The molecule has 2 aromatic rings. The van der Waals surface area contributed by atoms with E-state index >= 15 is 0 Å². The number of nitrogens with zero attached hydrogens (tertiary/aromatic N) is 3. The van der Waals surface area contributed by atoms with Crippen molar-refractivity contribution in [3.05, 3.63) is 70.3 Å². The molecule has 7 atom stereocenters. The fourth-order valence-corrected chi connectivity index (χ4v) is 12.2. The number of nitrogens with one attached hydrogen (secondary N) is 1. The van der Waals surface area contributed by atoms with Crippen molar-refractivity contribution in [3.63, 3.8) is 0 Å². The van der Waals surface area contributed by atoms with E-state index < -0.39 is 26.8 Å². The lowest BCUT2D eigenvalue weighted by Crippen LogP contribution is -2.57. The monoisotopic (exact) mass is 778 g/mol. The average Bonchev–Trinajstić information content (AvgIpc) is 3.30. The highest BCUT2D eigenvalue weighted by atomic mass is 35.5. The maximum Gasteiger partial charge on any atom is 0.264 e. The second-order valence-electron chi connectivity index (χ2n) is 17.4. The number of halogens is 1. The highest BCUT2D eigenvalue weighted by Crippen LogP contribution is 2.50. The van der Waals surface area contributed by atoms with Crippen LogP contribution in [0.5, 0.6) is 5.75 Å². The number of rotatable bonds is 4. The number of hydrogen-bond donors (Lipinski definition) is 1. The van der Waals surface area contributed by atoms with Crippen molar-refractivity contribution in [3.8, 4) is 5.75 Å². The highest BCUT2D eigenvalue weighted by molar-refractivity contribution is 7.90. The van der Waals surface area contributed by atoms with Gasteiger partial charge in [-0.05, 0) is 130 Å². The molecule has 1 amide bonds. The largest absolute Gasteiger partial charge is 0.490 e. The molecule has 9 nitrogen and oxygen atoms in total. The van der Waals surface area contributed by atoms with Gasteiger partial charge in [-0.25, -0.2) is 13.1 Å². The molecule has 294 valence electrons. The highest BCUT2D eigenvalue weighted by Gasteiger charge is 2.49. The van der Waals surface area contributed by atoms with E-state index in [0.29, 0.717) is 36.5 Å². The number of allylic oxidation sites excluding steroid dienone is 1. The third-order valence-corrected chi connectivity index (χ3v) is 16.5. The van der Waals surface area contributed by atoms with Crippen molar-refractivity contribution >= 4 is 33.2 Å². The molecule has 0 unspecified atom stereocenters. The lowest BCUT2D eigenvalue weighted by Gasteiger charge is -2.51. The molecule has 0 radical (unpaired) electrons. The van der Waals surface area contributed by atoms with Gasteiger partial charge >= 0.3 is 0 Å². The minimum Gasteiger partial charge on any atom is -0.490 e. The van der Waals surface area contributed by atoms with Crippen LogP contribution in [0.2, 0.25) is 5.02 Å². The van der Waals surface area contributed by atoms with Crippen LogP contribution in [-0.4, -0.2) is 101 Å². The summed E-state index contributed by atoms with van der Waals surface area (Å²) in [4.78, 5) is 21.5. The predicted octanol–water partition coefficient (Wildman–Crippen LogP) is 6.83. The molecule has 54 heavy (non-hydrogen) atoms. The first kappa shape index (κ1) is 38.3. The number of sulfonamides is 1. The molecular formula is C43H59ClN4O5S. The smallest absolute Gasteiger partial charge is 0.264 e. The number of anilines is 1. The molecule has 3 fully saturated rings. The zero-order chi connectivity index (χ0) is 37.7. The fourth-order valence-electron chi connectivity index (χ4n) is 10.7. The standard InChI is InChI=1S/C43H59ClN4O5S/c1-30-8-6-18-43(52-3,19-21-46-22-23-47-20-5-4-10-36(47)27-46)38-14-11-34(38)26-48-28-42(17-7-9-32-24-35(44)13-15-37(32)42)29-53-40-16-12-33(25-39(40)48)41(49)45-54(50,51)31(30)2/h6,12-13,15-16,18,24-25,30-31,34,36,38H,4-5,7-11,14,17,19-23,26-29H2,1-3H3,(H,45,49)/b18-6+/t30-,31+,34-,36+,38+,42-,43-/m0/s1. The first-order valence-corrected chi connectivity index (χ1v) is 22.5. The summed E-state index contributed by atoms with van der Waals surface area (Å²) in [6.45, 7) is 11.3. The van der Waals surface area contributed by atoms with Crippen LogP contribution in [0, 0.1) is 17.8 Å². The number of amides is 1. The van der Waals surface area contributed by atoms with Gasteiger partial charge in [-0.2, -0.15) is 0 Å². The number of ether oxygens (including phenoxy) is 2. The van der Waals surface area contributed by atoms with Crippen molar-refractivity contribution in [2.75, 3.05) is 64.4 Å². The van der Waals surface area contributed by atoms with Crippen LogP contribution in [-0.2, 0) is 26.6 Å². The number of hydrogen-bond acceptors (Lipinski definition) is 8. The van der Waals surface area contributed by atoms with E-state index in [2.05, 4.69) is 43.7 Å². The number of aryl methyl sites for hydroxylation is 1. The van der Waals surface area contributed by atoms with Crippen LogP contribution in [0.1, 0.15) is 93.1 Å². The van der Waals surface area contributed by atoms with Gasteiger partial charge in [0.1, 0.15) is 5.75 Å². The van der Waals surface area contributed by atoms with Crippen molar-refractivity contribution in [2.24, 2.45) is 17.8 Å². The fraction of sp³-hybridized carbons (Fsp3) is 0.651. The average molecular weight is 779 g/mol. The number of carbonyl (C=O) groups is 1. The van der Waals surface area contributed by atoms with Crippen molar-refractivity contribution in [1.82, 2.24) is 14.5 Å². The summed E-state index contributed by atoms with van der Waals surface area (Å²) in [6, 6.07) is 12.4. The first-order chi connectivity index (χ1) is 26.0. The summed E-state index contributed by atoms with van der Waals surface area (Å²) in [6.07, 6.45) is 15.1. The number of piperazine rings is 1. The van der Waals surface area contributed by atoms with Gasteiger partial charge in [0, 0.05) is 68.4 Å². The van der Waals surface area contributed by atoms with Crippen LogP contribution in [0.3, 0.4) is 0 Å². The Hall–Kier alpha value is -2.63. The van der Waals surface area contributed by atoms with E-state index in [0.717, 1.165) is 94.3 Å².